The van der Waals surface area contributed by atoms with Crippen LogP contribution in [0.1, 0.15) is 12.8 Å². The third-order valence-corrected chi connectivity index (χ3v) is 2.35. The average molecular weight is 209 g/mol. The quantitative estimate of drug-likeness (QED) is 0.588. The maximum absolute atomic E-state index is 10.6. The van der Waals surface area contributed by atoms with Crippen molar-refractivity contribution in [3.63, 3.8) is 0 Å². The van der Waals surface area contributed by atoms with E-state index in [1.54, 1.807) is 12.1 Å². The number of nitro groups is 1. The highest BCUT2D eigenvalue weighted by atomic mass is 16.6. The van der Waals surface area contributed by atoms with E-state index in [4.69, 9.17) is 10.5 Å². The van der Waals surface area contributed by atoms with E-state index in [1.807, 2.05) is 0 Å². The fraction of sp³-hybridized carbons (Fsp3) is 0.444. The van der Waals surface area contributed by atoms with Crippen LogP contribution in [-0.4, -0.2) is 22.1 Å². The van der Waals surface area contributed by atoms with E-state index in [0.717, 1.165) is 12.8 Å². The summed E-state index contributed by atoms with van der Waals surface area (Å²) in [6.45, 7) is 0. The number of aromatic nitrogens is 1. The summed E-state index contributed by atoms with van der Waals surface area (Å²) in [6.07, 6.45) is 2.85. The summed E-state index contributed by atoms with van der Waals surface area (Å²) < 4.78 is 5.43. The van der Waals surface area contributed by atoms with Crippen molar-refractivity contribution in [2.45, 2.75) is 25.0 Å². The minimum Gasteiger partial charge on any atom is -0.482 e. The zero-order valence-corrected chi connectivity index (χ0v) is 8.00. The Labute approximate surface area is 86.2 Å². The number of nitrogens with two attached hydrogens (primary N) is 1. The Balaban J connectivity index is 2.10. The third-order valence-electron chi connectivity index (χ3n) is 2.35. The van der Waals surface area contributed by atoms with Crippen molar-refractivity contribution in [3.8, 4) is 5.75 Å². The van der Waals surface area contributed by atoms with Gasteiger partial charge in [-0.05, 0) is 34.9 Å². The molecule has 0 aromatic carbocycles. The van der Waals surface area contributed by atoms with Gasteiger partial charge in [0.05, 0.1) is 0 Å². The molecular weight excluding hydrogens is 198 g/mol. The molecule has 2 N–H and O–H groups in total. The Bertz CT molecular complexity index is 377. The Morgan fingerprint density at radius 3 is 2.93 bits per heavy atom. The van der Waals surface area contributed by atoms with Gasteiger partial charge in [-0.1, -0.05) is 0 Å². The van der Waals surface area contributed by atoms with E-state index < -0.39 is 4.92 Å². The molecular formula is C9H11N3O3. The van der Waals surface area contributed by atoms with E-state index >= 15 is 0 Å². The lowest BCUT2D eigenvalue weighted by atomic mass is 9.90. The first-order chi connectivity index (χ1) is 7.16. The van der Waals surface area contributed by atoms with Gasteiger partial charge in [-0.15, -0.1) is 0 Å². The van der Waals surface area contributed by atoms with Crippen LogP contribution in [0, 0.1) is 10.1 Å². The molecule has 0 bridgehead atoms. The van der Waals surface area contributed by atoms with E-state index in [-0.39, 0.29) is 23.7 Å². The highest BCUT2D eigenvalue weighted by molar-refractivity contribution is 5.38. The normalized spacial score (nSPS) is 24.3. The van der Waals surface area contributed by atoms with Crippen molar-refractivity contribution in [1.82, 2.24) is 4.98 Å². The van der Waals surface area contributed by atoms with Gasteiger partial charge in [0, 0.05) is 6.04 Å². The number of ether oxygens (including phenoxy) is 1. The molecule has 0 amide bonds. The molecule has 1 fully saturated rings. The van der Waals surface area contributed by atoms with E-state index in [1.165, 1.54) is 6.20 Å². The van der Waals surface area contributed by atoms with E-state index in [9.17, 15) is 10.1 Å². The maximum atomic E-state index is 10.6. The molecule has 2 rings (SSSR count). The predicted molar refractivity (Wildman–Crippen MR) is 52.5 cm³/mol. The molecule has 15 heavy (non-hydrogen) atoms. The molecule has 1 aromatic heterocycles. The van der Waals surface area contributed by atoms with Crippen LogP contribution in [0.3, 0.4) is 0 Å². The van der Waals surface area contributed by atoms with Gasteiger partial charge in [0.2, 0.25) is 5.75 Å². The molecule has 1 aliphatic carbocycles. The zero-order valence-electron chi connectivity index (χ0n) is 8.00. The van der Waals surface area contributed by atoms with Crippen LogP contribution in [-0.2, 0) is 0 Å². The highest BCUT2D eigenvalue weighted by Gasteiger charge is 2.30. The number of hydrogen-bond acceptors (Lipinski definition) is 5. The molecule has 80 valence electrons. The minimum atomic E-state index is -0.548. The second-order valence-electron chi connectivity index (χ2n) is 3.55. The third kappa shape index (κ3) is 2.04. The smallest absolute Gasteiger partial charge is 0.406 e. The van der Waals surface area contributed by atoms with E-state index in [2.05, 4.69) is 4.98 Å². The monoisotopic (exact) mass is 209 g/mol. The van der Waals surface area contributed by atoms with Gasteiger partial charge in [-0.3, -0.25) is 0 Å². The van der Waals surface area contributed by atoms with E-state index in [0.29, 0.717) is 0 Å². The van der Waals surface area contributed by atoms with Gasteiger partial charge in [0.1, 0.15) is 12.3 Å². The summed E-state index contributed by atoms with van der Waals surface area (Å²) >= 11 is 0. The number of hydrogen-bond donors (Lipinski definition) is 1. The largest absolute Gasteiger partial charge is 0.482 e. The molecule has 0 spiro atoms. The fourth-order valence-electron chi connectivity index (χ4n) is 1.49. The molecule has 0 radical (unpaired) electrons. The summed E-state index contributed by atoms with van der Waals surface area (Å²) in [4.78, 5) is 13.7. The van der Waals surface area contributed by atoms with Crippen molar-refractivity contribution in [2.24, 2.45) is 5.73 Å². The Hall–Kier alpha value is -1.69. The molecule has 6 heteroatoms. The molecule has 6 nitrogen and oxygen atoms in total. The molecule has 0 saturated heterocycles. The molecule has 0 atom stereocenters. The van der Waals surface area contributed by atoms with Gasteiger partial charge in [0.25, 0.3) is 0 Å². The Morgan fingerprint density at radius 1 is 1.60 bits per heavy atom. The predicted octanol–water partition coefficient (Wildman–Crippen LogP) is 0.858. The van der Waals surface area contributed by atoms with Gasteiger partial charge in [-0.2, -0.15) is 0 Å². The second-order valence-corrected chi connectivity index (χ2v) is 3.55. The zero-order chi connectivity index (χ0) is 10.8. The summed E-state index contributed by atoms with van der Waals surface area (Å²) in [7, 11) is 0. The summed E-state index contributed by atoms with van der Waals surface area (Å²) in [5.41, 5.74) is 5.59. The van der Waals surface area contributed by atoms with Crippen molar-refractivity contribution in [3.05, 3.63) is 28.4 Å². The highest BCUT2D eigenvalue weighted by Crippen LogP contribution is 2.29. The van der Waals surface area contributed by atoms with Crippen LogP contribution in [0.5, 0.6) is 5.75 Å². The van der Waals surface area contributed by atoms with Crippen LogP contribution in [0.2, 0.25) is 0 Å². The molecule has 0 unspecified atom stereocenters. The molecule has 1 saturated carbocycles. The fourth-order valence-corrected chi connectivity index (χ4v) is 1.49. The molecule has 1 aliphatic rings. The summed E-state index contributed by atoms with van der Waals surface area (Å²) in [6, 6.07) is 3.32. The lowest BCUT2D eigenvalue weighted by molar-refractivity contribution is -0.390. The van der Waals surface area contributed by atoms with Crippen LogP contribution in [0.25, 0.3) is 0 Å². The van der Waals surface area contributed by atoms with Crippen LogP contribution < -0.4 is 10.5 Å². The van der Waals surface area contributed by atoms with Crippen LogP contribution >= 0.6 is 0 Å². The van der Waals surface area contributed by atoms with Crippen molar-refractivity contribution in [1.29, 1.82) is 0 Å². The standard InChI is InChI=1S/C9H11N3O3/c10-6-4-7(5-6)15-8-2-1-3-11-9(8)12(13)14/h1-3,6-7H,4-5,10H2. The van der Waals surface area contributed by atoms with Gasteiger partial charge in [-0.25, -0.2) is 0 Å². The second kappa shape index (κ2) is 3.82. The first-order valence-corrected chi connectivity index (χ1v) is 4.68. The first kappa shape index (κ1) is 9.85. The van der Waals surface area contributed by atoms with Crippen molar-refractivity contribution < 1.29 is 9.66 Å². The number of rotatable bonds is 3. The van der Waals surface area contributed by atoms with Crippen molar-refractivity contribution in [2.75, 3.05) is 0 Å². The average Bonchev–Trinajstić information content (AvgIpc) is 2.16. The van der Waals surface area contributed by atoms with Crippen molar-refractivity contribution >= 4 is 5.82 Å². The molecule has 1 heterocycles. The van der Waals surface area contributed by atoms with Crippen LogP contribution in [0.4, 0.5) is 5.82 Å². The van der Waals surface area contributed by atoms with Gasteiger partial charge < -0.3 is 20.6 Å². The van der Waals surface area contributed by atoms with Gasteiger partial charge in [0.15, 0.2) is 0 Å². The maximum Gasteiger partial charge on any atom is 0.406 e. The Kier molecular flexibility index (Phi) is 2.51. The SMILES string of the molecule is NC1CC(Oc2cccnc2[N+](=O)[O-])C1. The lowest BCUT2D eigenvalue weighted by Crippen LogP contribution is -2.43. The minimum absolute atomic E-state index is 0.0112. The summed E-state index contributed by atoms with van der Waals surface area (Å²) in [5.74, 6) is -0.0163. The van der Waals surface area contributed by atoms with Gasteiger partial charge >= 0.3 is 5.82 Å². The lowest BCUT2D eigenvalue weighted by Gasteiger charge is -2.32. The molecule has 0 aliphatic heterocycles. The topological polar surface area (TPSA) is 91.3 Å². The number of pyridine rings is 1. The van der Waals surface area contributed by atoms with Crippen LogP contribution in [0.15, 0.2) is 18.3 Å². The Morgan fingerprint density at radius 2 is 2.33 bits per heavy atom. The first-order valence-electron chi connectivity index (χ1n) is 4.68. The number of nitrogens with zero attached hydrogens (tertiary/aromatic N) is 2. The summed E-state index contributed by atoms with van der Waals surface area (Å²) in [5, 5.41) is 10.6. The molecule has 1 aromatic rings.